The van der Waals surface area contributed by atoms with Crippen LogP contribution in [-0.2, 0) is 14.4 Å². The molecule has 0 aromatic heterocycles. The average molecular weight is 336 g/mol. The summed E-state index contributed by atoms with van der Waals surface area (Å²) in [6.07, 6.45) is 0. The fourth-order valence-corrected chi connectivity index (χ4v) is 3.23. The summed E-state index contributed by atoms with van der Waals surface area (Å²) < 4.78 is 29.7. The molecular formula is C18H12N2O3S. The third kappa shape index (κ3) is 3.12. The smallest absolute Gasteiger partial charge is 0.263 e. The van der Waals surface area contributed by atoms with E-state index in [9.17, 15) is 8.42 Å². The summed E-state index contributed by atoms with van der Waals surface area (Å²) in [5, 5.41) is 14.0. The van der Waals surface area contributed by atoms with Crippen LogP contribution in [0.2, 0.25) is 0 Å². The van der Waals surface area contributed by atoms with Crippen LogP contribution in [0.4, 0.5) is 0 Å². The molecule has 0 spiro atoms. The Kier molecular flexibility index (Phi) is 4.27. The number of benzene rings is 3. The van der Waals surface area contributed by atoms with Gasteiger partial charge in [-0.1, -0.05) is 71.9 Å². The molecule has 0 saturated heterocycles. The van der Waals surface area contributed by atoms with Crippen LogP contribution in [0, 0.1) is 11.3 Å². The van der Waals surface area contributed by atoms with Gasteiger partial charge < -0.3 is 0 Å². The lowest BCUT2D eigenvalue weighted by Crippen LogP contribution is -2.06. The summed E-state index contributed by atoms with van der Waals surface area (Å²) in [6.45, 7) is 0. The molecule has 0 radical (unpaired) electrons. The number of nitrogens with zero attached hydrogens (tertiary/aromatic N) is 2. The van der Waals surface area contributed by atoms with Crippen molar-refractivity contribution in [2.45, 2.75) is 4.90 Å². The highest BCUT2D eigenvalue weighted by Gasteiger charge is 2.19. The highest BCUT2D eigenvalue weighted by Crippen LogP contribution is 2.24. The van der Waals surface area contributed by atoms with E-state index < -0.39 is 10.1 Å². The van der Waals surface area contributed by atoms with Crippen molar-refractivity contribution in [3.05, 3.63) is 78.4 Å². The number of rotatable bonds is 4. The van der Waals surface area contributed by atoms with Crippen LogP contribution in [0.5, 0.6) is 0 Å². The predicted molar refractivity (Wildman–Crippen MR) is 90.8 cm³/mol. The molecule has 0 unspecified atom stereocenters. The van der Waals surface area contributed by atoms with Gasteiger partial charge in [0.25, 0.3) is 0 Å². The monoisotopic (exact) mass is 336 g/mol. The van der Waals surface area contributed by atoms with E-state index in [-0.39, 0.29) is 10.6 Å². The van der Waals surface area contributed by atoms with Crippen molar-refractivity contribution >= 4 is 26.6 Å². The lowest BCUT2D eigenvalue weighted by molar-refractivity contribution is 0.340. The first kappa shape index (κ1) is 15.7. The van der Waals surface area contributed by atoms with E-state index in [1.54, 1.807) is 48.5 Å². The number of fused-ring (bicyclic) bond motifs is 1. The number of hydrogen-bond donors (Lipinski definition) is 0. The molecule has 0 saturated carbocycles. The van der Waals surface area contributed by atoms with Crippen LogP contribution < -0.4 is 0 Å². The van der Waals surface area contributed by atoms with Crippen molar-refractivity contribution in [2.24, 2.45) is 5.16 Å². The maximum absolute atomic E-state index is 12.5. The Morgan fingerprint density at radius 2 is 1.58 bits per heavy atom. The van der Waals surface area contributed by atoms with Crippen molar-refractivity contribution in [1.82, 2.24) is 0 Å². The molecule has 3 aromatic carbocycles. The van der Waals surface area contributed by atoms with Crippen molar-refractivity contribution < 1.29 is 12.7 Å². The fraction of sp³-hybridized carbons (Fsp3) is 0. The highest BCUT2D eigenvalue weighted by molar-refractivity contribution is 7.87. The summed E-state index contributed by atoms with van der Waals surface area (Å²) in [4.78, 5) is 0.00898. The molecule has 0 heterocycles. The van der Waals surface area contributed by atoms with Crippen molar-refractivity contribution in [3.8, 4) is 6.07 Å². The van der Waals surface area contributed by atoms with Gasteiger partial charge in [-0.2, -0.15) is 13.7 Å². The van der Waals surface area contributed by atoms with Gasteiger partial charge in [0.1, 0.15) is 11.0 Å². The minimum atomic E-state index is -4.14. The molecule has 0 aliphatic carbocycles. The molecule has 0 fully saturated rings. The molecule has 3 rings (SSSR count). The van der Waals surface area contributed by atoms with Crippen molar-refractivity contribution in [2.75, 3.05) is 0 Å². The minimum Gasteiger partial charge on any atom is -0.263 e. The Bertz CT molecular complexity index is 1050. The van der Waals surface area contributed by atoms with E-state index >= 15 is 0 Å². The number of hydrogen-bond acceptors (Lipinski definition) is 5. The Balaban J connectivity index is 1.99. The second-order valence-corrected chi connectivity index (χ2v) is 6.42. The molecule has 5 nitrogen and oxygen atoms in total. The topological polar surface area (TPSA) is 79.5 Å². The van der Waals surface area contributed by atoms with E-state index in [0.29, 0.717) is 10.9 Å². The van der Waals surface area contributed by atoms with Crippen molar-refractivity contribution in [1.29, 1.82) is 5.26 Å². The lowest BCUT2D eigenvalue weighted by atomic mass is 10.1. The minimum absolute atomic E-state index is 0.00898. The lowest BCUT2D eigenvalue weighted by Gasteiger charge is -2.06. The third-order valence-corrected chi connectivity index (χ3v) is 4.56. The van der Waals surface area contributed by atoms with E-state index in [1.807, 2.05) is 24.3 Å². The largest absolute Gasteiger partial charge is 0.359 e. The van der Waals surface area contributed by atoms with E-state index in [4.69, 9.17) is 9.55 Å². The summed E-state index contributed by atoms with van der Waals surface area (Å²) in [6, 6.07) is 22.3. The standard InChI is InChI=1S/C18H12N2O3S/c19-13-17(15-8-2-1-3-9-15)20-23-24(21,22)18-12-6-10-14-7-4-5-11-16(14)18/h1-12H/b20-17-. The first-order valence-electron chi connectivity index (χ1n) is 7.07. The maximum Gasteiger partial charge on any atom is 0.359 e. The zero-order valence-corrected chi connectivity index (χ0v) is 13.3. The van der Waals surface area contributed by atoms with Gasteiger partial charge in [-0.15, -0.1) is 0 Å². The normalized spacial score (nSPS) is 11.9. The Hall–Kier alpha value is -3.17. The molecule has 0 N–H and O–H groups in total. The van der Waals surface area contributed by atoms with E-state index in [1.165, 1.54) is 6.07 Å². The quantitative estimate of drug-likeness (QED) is 0.540. The molecule has 24 heavy (non-hydrogen) atoms. The maximum atomic E-state index is 12.5. The Morgan fingerprint density at radius 1 is 0.917 bits per heavy atom. The van der Waals surface area contributed by atoms with Gasteiger partial charge in [0.15, 0.2) is 5.71 Å². The van der Waals surface area contributed by atoms with Gasteiger partial charge in [-0.25, -0.2) is 0 Å². The Morgan fingerprint density at radius 3 is 2.33 bits per heavy atom. The molecule has 0 atom stereocenters. The molecular weight excluding hydrogens is 324 g/mol. The molecule has 3 aromatic rings. The summed E-state index contributed by atoms with van der Waals surface area (Å²) in [7, 11) is -4.14. The number of nitriles is 1. The highest BCUT2D eigenvalue weighted by atomic mass is 32.2. The first-order valence-corrected chi connectivity index (χ1v) is 8.47. The van der Waals surface area contributed by atoms with E-state index in [2.05, 4.69) is 5.16 Å². The molecule has 0 amide bonds. The fourth-order valence-electron chi connectivity index (χ4n) is 2.27. The Labute approximate surface area is 139 Å². The van der Waals surface area contributed by atoms with E-state index in [0.717, 1.165) is 5.39 Å². The zero-order chi connectivity index (χ0) is 17.0. The molecule has 0 aliphatic rings. The van der Waals surface area contributed by atoms with Gasteiger partial charge in [0.05, 0.1) is 0 Å². The summed E-state index contributed by atoms with van der Waals surface area (Å²) in [5.41, 5.74) is 0.368. The van der Waals surface area contributed by atoms with Crippen LogP contribution >= 0.6 is 0 Å². The SMILES string of the molecule is N#C/C(=N/OS(=O)(=O)c1cccc2ccccc12)c1ccccc1. The molecule has 0 bridgehead atoms. The molecule has 6 heteroatoms. The van der Waals surface area contributed by atoms with Gasteiger partial charge in [-0.3, -0.25) is 4.28 Å². The molecule has 118 valence electrons. The third-order valence-electron chi connectivity index (χ3n) is 3.40. The van der Waals surface area contributed by atoms with Gasteiger partial charge in [-0.05, 0) is 11.5 Å². The first-order chi connectivity index (χ1) is 11.6. The van der Waals surface area contributed by atoms with Gasteiger partial charge >= 0.3 is 10.1 Å². The van der Waals surface area contributed by atoms with Crippen LogP contribution in [0.15, 0.2) is 82.8 Å². The predicted octanol–water partition coefficient (Wildman–Crippen LogP) is 3.47. The summed E-state index contributed by atoms with van der Waals surface area (Å²) >= 11 is 0. The van der Waals surface area contributed by atoms with Crippen LogP contribution in [0.3, 0.4) is 0 Å². The van der Waals surface area contributed by atoms with Gasteiger partial charge in [0, 0.05) is 10.9 Å². The van der Waals surface area contributed by atoms with Crippen LogP contribution in [0.1, 0.15) is 5.56 Å². The zero-order valence-electron chi connectivity index (χ0n) is 12.5. The van der Waals surface area contributed by atoms with Crippen LogP contribution in [-0.4, -0.2) is 14.1 Å². The summed E-state index contributed by atoms with van der Waals surface area (Å²) in [5.74, 6) is 0. The van der Waals surface area contributed by atoms with Crippen molar-refractivity contribution in [3.63, 3.8) is 0 Å². The number of oxime groups is 1. The average Bonchev–Trinajstić information content (AvgIpc) is 2.62. The van der Waals surface area contributed by atoms with Gasteiger partial charge in [0.2, 0.25) is 0 Å². The second kappa shape index (κ2) is 6.52. The molecule has 0 aliphatic heterocycles. The second-order valence-electron chi connectivity index (χ2n) is 4.92. The van der Waals surface area contributed by atoms with Crippen LogP contribution in [0.25, 0.3) is 10.8 Å².